The fourth-order valence-corrected chi connectivity index (χ4v) is 2.54. The van der Waals surface area contributed by atoms with Crippen molar-refractivity contribution in [1.29, 1.82) is 0 Å². The number of hydrogen-bond donors (Lipinski definition) is 1. The zero-order chi connectivity index (χ0) is 16.5. The topological polar surface area (TPSA) is 45.8 Å². The van der Waals surface area contributed by atoms with Gasteiger partial charge in [-0.25, -0.2) is 0 Å². The van der Waals surface area contributed by atoms with Crippen LogP contribution in [0.1, 0.15) is 24.2 Å². The number of rotatable bonds is 10. The molecule has 2 rings (SSSR count). The Bertz CT molecular complexity index is 580. The summed E-state index contributed by atoms with van der Waals surface area (Å²) in [5.74, 6) is 1.73. The van der Waals surface area contributed by atoms with E-state index in [4.69, 9.17) is 9.15 Å². The average molecular weight is 315 g/mol. The van der Waals surface area contributed by atoms with Gasteiger partial charge in [-0.05, 0) is 42.7 Å². The number of nitrogens with zero attached hydrogens (tertiary/aromatic N) is 1. The Morgan fingerprint density at radius 1 is 1.30 bits per heavy atom. The molecule has 0 aliphatic rings. The first kappa shape index (κ1) is 17.3. The highest BCUT2D eigenvalue weighted by Gasteiger charge is 2.14. The molecule has 23 heavy (non-hydrogen) atoms. The molecule has 0 saturated carbocycles. The molecular formula is C19H25NO3. The average Bonchev–Trinajstić information content (AvgIpc) is 3.06. The summed E-state index contributed by atoms with van der Waals surface area (Å²) in [5.41, 5.74) is 1.15. The number of aliphatic hydroxyl groups excluding tert-OH is 1. The van der Waals surface area contributed by atoms with Gasteiger partial charge in [-0.3, -0.25) is 4.90 Å². The standard InChI is InChI=1S/C19H25NO3/c1-3-4-8-17(21)14-20(15-19-10-6-11-23-19)13-16-7-5-9-18(12-16)22-2/h3,5-7,9-12,17,21H,1,4,8,13-15H2,2H3/t17-/m1/s1. The third-order valence-corrected chi connectivity index (χ3v) is 3.67. The van der Waals surface area contributed by atoms with Crippen molar-refractivity contribution in [2.75, 3.05) is 13.7 Å². The lowest BCUT2D eigenvalue weighted by Gasteiger charge is -2.24. The molecule has 0 bridgehead atoms. The van der Waals surface area contributed by atoms with Crippen LogP contribution in [0.5, 0.6) is 5.75 Å². The van der Waals surface area contributed by atoms with Crippen LogP contribution < -0.4 is 4.74 Å². The van der Waals surface area contributed by atoms with E-state index in [-0.39, 0.29) is 6.10 Å². The summed E-state index contributed by atoms with van der Waals surface area (Å²) < 4.78 is 10.7. The summed E-state index contributed by atoms with van der Waals surface area (Å²) >= 11 is 0. The second kappa shape index (κ2) is 9.18. The number of furan rings is 1. The van der Waals surface area contributed by atoms with E-state index in [1.807, 2.05) is 36.4 Å². The van der Waals surface area contributed by atoms with Crippen LogP contribution >= 0.6 is 0 Å². The van der Waals surface area contributed by atoms with E-state index in [9.17, 15) is 5.11 Å². The number of benzene rings is 1. The van der Waals surface area contributed by atoms with E-state index in [1.54, 1.807) is 13.4 Å². The molecule has 0 saturated heterocycles. The molecule has 0 radical (unpaired) electrons. The predicted octanol–water partition coefficient (Wildman–Crippen LogP) is 3.62. The summed E-state index contributed by atoms with van der Waals surface area (Å²) in [6.07, 6.45) is 4.66. The molecule has 4 heteroatoms. The summed E-state index contributed by atoms with van der Waals surface area (Å²) in [7, 11) is 1.67. The van der Waals surface area contributed by atoms with Crippen molar-refractivity contribution in [3.05, 3.63) is 66.6 Å². The Labute approximate surface area is 138 Å². The Morgan fingerprint density at radius 2 is 2.17 bits per heavy atom. The van der Waals surface area contributed by atoms with Crippen LogP contribution in [0.2, 0.25) is 0 Å². The molecule has 0 unspecified atom stereocenters. The van der Waals surface area contributed by atoms with Gasteiger partial charge in [0.15, 0.2) is 0 Å². The van der Waals surface area contributed by atoms with Gasteiger partial charge in [0.2, 0.25) is 0 Å². The smallest absolute Gasteiger partial charge is 0.119 e. The monoisotopic (exact) mass is 315 g/mol. The normalized spacial score (nSPS) is 12.3. The van der Waals surface area contributed by atoms with Gasteiger partial charge in [-0.2, -0.15) is 0 Å². The molecule has 0 aliphatic heterocycles. The molecule has 0 spiro atoms. The maximum atomic E-state index is 10.2. The minimum atomic E-state index is -0.381. The van der Waals surface area contributed by atoms with E-state index >= 15 is 0 Å². The SMILES string of the molecule is C=CCC[C@@H](O)CN(Cc1cccc(OC)c1)Cc1ccco1. The highest BCUT2D eigenvalue weighted by molar-refractivity contribution is 5.28. The fourth-order valence-electron chi connectivity index (χ4n) is 2.54. The largest absolute Gasteiger partial charge is 0.497 e. The minimum absolute atomic E-state index is 0.381. The Hall–Kier alpha value is -2.04. The second-order valence-electron chi connectivity index (χ2n) is 5.62. The van der Waals surface area contributed by atoms with Gasteiger partial charge in [-0.1, -0.05) is 18.2 Å². The molecule has 0 aliphatic carbocycles. The van der Waals surface area contributed by atoms with Crippen molar-refractivity contribution in [1.82, 2.24) is 4.90 Å². The highest BCUT2D eigenvalue weighted by atomic mass is 16.5. The molecule has 1 heterocycles. The van der Waals surface area contributed by atoms with Crippen LogP contribution in [0, 0.1) is 0 Å². The van der Waals surface area contributed by atoms with E-state index in [1.165, 1.54) is 0 Å². The van der Waals surface area contributed by atoms with E-state index in [2.05, 4.69) is 17.5 Å². The predicted molar refractivity (Wildman–Crippen MR) is 91.3 cm³/mol. The zero-order valence-electron chi connectivity index (χ0n) is 13.6. The van der Waals surface area contributed by atoms with Crippen LogP contribution in [0.25, 0.3) is 0 Å². The first-order chi connectivity index (χ1) is 11.2. The molecule has 1 N–H and O–H groups in total. The lowest BCUT2D eigenvalue weighted by atomic mass is 10.1. The molecule has 0 fully saturated rings. The lowest BCUT2D eigenvalue weighted by molar-refractivity contribution is 0.0945. The molecule has 1 aromatic carbocycles. The van der Waals surface area contributed by atoms with Crippen LogP contribution in [0.3, 0.4) is 0 Å². The van der Waals surface area contributed by atoms with Crippen molar-refractivity contribution >= 4 is 0 Å². The number of aliphatic hydroxyl groups is 1. The first-order valence-corrected chi connectivity index (χ1v) is 7.88. The summed E-state index contributed by atoms with van der Waals surface area (Å²) in [6.45, 7) is 5.68. The van der Waals surface area contributed by atoms with Gasteiger partial charge >= 0.3 is 0 Å². The van der Waals surface area contributed by atoms with Gasteiger partial charge in [0, 0.05) is 13.1 Å². The summed E-state index contributed by atoms with van der Waals surface area (Å²) in [5, 5.41) is 10.2. The quantitative estimate of drug-likeness (QED) is 0.680. The van der Waals surface area contributed by atoms with E-state index < -0.39 is 0 Å². The van der Waals surface area contributed by atoms with E-state index in [0.29, 0.717) is 13.1 Å². The summed E-state index contributed by atoms with van der Waals surface area (Å²) in [6, 6.07) is 11.8. The Kier molecular flexibility index (Phi) is 6.91. The molecular weight excluding hydrogens is 290 g/mol. The Balaban J connectivity index is 2.03. The van der Waals surface area contributed by atoms with Crippen molar-refractivity contribution in [2.24, 2.45) is 0 Å². The number of allylic oxidation sites excluding steroid dienone is 1. The number of methoxy groups -OCH3 is 1. The highest BCUT2D eigenvalue weighted by Crippen LogP contribution is 2.17. The lowest BCUT2D eigenvalue weighted by Crippen LogP contribution is -2.31. The molecule has 4 nitrogen and oxygen atoms in total. The van der Waals surface area contributed by atoms with Crippen molar-refractivity contribution in [3.63, 3.8) is 0 Å². The first-order valence-electron chi connectivity index (χ1n) is 7.88. The third-order valence-electron chi connectivity index (χ3n) is 3.67. The van der Waals surface area contributed by atoms with Gasteiger partial charge in [0.25, 0.3) is 0 Å². The van der Waals surface area contributed by atoms with Crippen LogP contribution in [0.15, 0.2) is 59.7 Å². The summed E-state index contributed by atoms with van der Waals surface area (Å²) in [4.78, 5) is 2.18. The van der Waals surface area contributed by atoms with Gasteiger partial charge in [0.05, 0.1) is 26.0 Å². The van der Waals surface area contributed by atoms with Crippen LogP contribution in [0.4, 0.5) is 0 Å². The minimum Gasteiger partial charge on any atom is -0.497 e. The van der Waals surface area contributed by atoms with Crippen LogP contribution in [-0.2, 0) is 13.1 Å². The Morgan fingerprint density at radius 3 is 2.87 bits per heavy atom. The van der Waals surface area contributed by atoms with Crippen LogP contribution in [-0.4, -0.2) is 29.8 Å². The number of hydrogen-bond acceptors (Lipinski definition) is 4. The van der Waals surface area contributed by atoms with Crippen molar-refractivity contribution < 1.29 is 14.3 Å². The third kappa shape index (κ3) is 5.93. The number of ether oxygens (including phenoxy) is 1. The molecule has 1 atom stereocenters. The molecule has 1 aromatic heterocycles. The fraction of sp³-hybridized carbons (Fsp3) is 0.368. The molecule has 2 aromatic rings. The molecule has 0 amide bonds. The maximum absolute atomic E-state index is 10.2. The van der Waals surface area contributed by atoms with E-state index in [0.717, 1.165) is 36.5 Å². The second-order valence-corrected chi connectivity index (χ2v) is 5.62. The van der Waals surface area contributed by atoms with Crippen molar-refractivity contribution in [2.45, 2.75) is 32.0 Å². The van der Waals surface area contributed by atoms with Gasteiger partial charge in [-0.15, -0.1) is 6.58 Å². The zero-order valence-corrected chi connectivity index (χ0v) is 13.6. The van der Waals surface area contributed by atoms with Gasteiger partial charge < -0.3 is 14.3 Å². The molecule has 124 valence electrons. The van der Waals surface area contributed by atoms with Gasteiger partial charge in [0.1, 0.15) is 11.5 Å². The maximum Gasteiger partial charge on any atom is 0.119 e. The van der Waals surface area contributed by atoms with Crippen molar-refractivity contribution in [3.8, 4) is 5.75 Å².